The molecule has 6 nitrogen and oxygen atoms in total. The van der Waals surface area contributed by atoms with Gasteiger partial charge in [-0.25, -0.2) is 0 Å². The van der Waals surface area contributed by atoms with Crippen LogP contribution >= 0.6 is 11.6 Å². The molecule has 3 rings (SSSR count). The van der Waals surface area contributed by atoms with Crippen LogP contribution in [0, 0.1) is 13.8 Å². The van der Waals surface area contributed by atoms with Gasteiger partial charge >= 0.3 is 0 Å². The van der Waals surface area contributed by atoms with Gasteiger partial charge in [-0.15, -0.1) is 0 Å². The second-order valence-electron chi connectivity index (χ2n) is 7.24. The number of carbonyl (C=O) groups excluding carboxylic acids is 2. The number of ether oxygens (including phenoxy) is 1. The van der Waals surface area contributed by atoms with Crippen LogP contribution in [0.4, 0.5) is 11.4 Å². The Labute approximate surface area is 176 Å². The van der Waals surface area contributed by atoms with Crippen molar-refractivity contribution in [2.24, 2.45) is 0 Å². The summed E-state index contributed by atoms with van der Waals surface area (Å²) >= 11 is 6.45. The van der Waals surface area contributed by atoms with E-state index in [0.29, 0.717) is 29.5 Å². The number of anilines is 2. The Balaban J connectivity index is 1.55. The number of piperazine rings is 1. The maximum atomic E-state index is 12.2. The number of nitrogens with one attached hydrogen (secondary N) is 1. The van der Waals surface area contributed by atoms with Crippen LogP contribution in [0.1, 0.15) is 18.1 Å². The van der Waals surface area contributed by atoms with E-state index in [1.165, 1.54) is 5.56 Å². The first-order valence-electron chi connectivity index (χ1n) is 9.63. The molecule has 0 unspecified atom stereocenters. The lowest BCUT2D eigenvalue weighted by Gasteiger charge is -2.36. The molecule has 0 bridgehead atoms. The highest BCUT2D eigenvalue weighted by molar-refractivity contribution is 6.33. The van der Waals surface area contributed by atoms with Crippen molar-refractivity contribution in [3.05, 3.63) is 52.5 Å². The number of aryl methyl sites for hydroxylation is 2. The maximum Gasteiger partial charge on any atom is 0.262 e. The number of amides is 2. The van der Waals surface area contributed by atoms with Crippen LogP contribution in [-0.4, -0.2) is 49.5 Å². The minimum absolute atomic E-state index is 0.0745. The predicted octanol–water partition coefficient (Wildman–Crippen LogP) is 3.64. The summed E-state index contributed by atoms with van der Waals surface area (Å²) in [5.41, 5.74) is 3.82. The lowest BCUT2D eigenvalue weighted by Crippen LogP contribution is -2.48. The molecule has 1 N–H and O–H groups in total. The van der Waals surface area contributed by atoms with Gasteiger partial charge in [-0.2, -0.15) is 0 Å². The first kappa shape index (κ1) is 21.0. The van der Waals surface area contributed by atoms with Gasteiger partial charge in [0.2, 0.25) is 5.91 Å². The molecule has 1 saturated heterocycles. The Morgan fingerprint density at radius 1 is 1.03 bits per heavy atom. The second-order valence-corrected chi connectivity index (χ2v) is 7.65. The van der Waals surface area contributed by atoms with E-state index in [9.17, 15) is 9.59 Å². The van der Waals surface area contributed by atoms with Crippen LogP contribution in [0.5, 0.6) is 5.75 Å². The van der Waals surface area contributed by atoms with Gasteiger partial charge in [0.1, 0.15) is 5.75 Å². The third kappa shape index (κ3) is 5.41. The highest BCUT2D eigenvalue weighted by atomic mass is 35.5. The topological polar surface area (TPSA) is 61.9 Å². The van der Waals surface area contributed by atoms with E-state index in [2.05, 4.69) is 10.2 Å². The Hall–Kier alpha value is -2.73. The molecule has 0 aliphatic carbocycles. The molecule has 0 saturated carbocycles. The van der Waals surface area contributed by atoms with Gasteiger partial charge in [-0.3, -0.25) is 9.59 Å². The maximum absolute atomic E-state index is 12.2. The third-order valence-electron chi connectivity index (χ3n) is 5.15. The summed E-state index contributed by atoms with van der Waals surface area (Å²) in [6, 6.07) is 11.2. The monoisotopic (exact) mass is 415 g/mol. The van der Waals surface area contributed by atoms with Gasteiger partial charge < -0.3 is 19.9 Å². The zero-order valence-corrected chi connectivity index (χ0v) is 17.8. The SMILES string of the molecule is CC(=O)N1CCN(c2ccc(NC(=O)COc3ccc(C)c(C)c3)cc2Cl)CC1. The summed E-state index contributed by atoms with van der Waals surface area (Å²) in [5, 5.41) is 3.38. The Morgan fingerprint density at radius 3 is 2.38 bits per heavy atom. The normalized spacial score (nSPS) is 13.9. The number of halogens is 1. The highest BCUT2D eigenvalue weighted by Crippen LogP contribution is 2.29. The van der Waals surface area contributed by atoms with Crippen molar-refractivity contribution in [3.8, 4) is 5.75 Å². The number of carbonyl (C=O) groups is 2. The van der Waals surface area contributed by atoms with Crippen molar-refractivity contribution < 1.29 is 14.3 Å². The van der Waals surface area contributed by atoms with Crippen LogP contribution in [0.25, 0.3) is 0 Å². The largest absolute Gasteiger partial charge is 0.484 e. The lowest BCUT2D eigenvalue weighted by atomic mass is 10.1. The van der Waals surface area contributed by atoms with Crippen molar-refractivity contribution in [1.82, 2.24) is 4.90 Å². The second kappa shape index (κ2) is 9.18. The number of hydrogen-bond acceptors (Lipinski definition) is 4. The average Bonchev–Trinajstić information content (AvgIpc) is 2.69. The van der Waals surface area contributed by atoms with Crippen LogP contribution in [0.15, 0.2) is 36.4 Å². The summed E-state index contributed by atoms with van der Waals surface area (Å²) in [6.45, 7) is 8.37. The summed E-state index contributed by atoms with van der Waals surface area (Å²) in [5.74, 6) is 0.514. The first-order valence-corrected chi connectivity index (χ1v) is 10.0. The number of nitrogens with zero attached hydrogens (tertiary/aromatic N) is 2. The molecule has 1 heterocycles. The van der Waals surface area contributed by atoms with Gasteiger partial charge in [-0.05, 0) is 55.3 Å². The zero-order chi connectivity index (χ0) is 21.0. The Bertz CT molecular complexity index is 908. The van der Waals surface area contributed by atoms with Crippen LogP contribution < -0.4 is 15.0 Å². The lowest BCUT2D eigenvalue weighted by molar-refractivity contribution is -0.129. The van der Waals surface area contributed by atoms with E-state index >= 15 is 0 Å². The molecule has 7 heteroatoms. The van der Waals surface area contributed by atoms with Crippen LogP contribution in [-0.2, 0) is 9.59 Å². The van der Waals surface area contributed by atoms with E-state index in [-0.39, 0.29) is 18.4 Å². The molecular weight excluding hydrogens is 390 g/mol. The molecule has 0 spiro atoms. The standard InChI is InChI=1S/C22H26ClN3O3/c1-15-4-6-19(12-16(15)2)29-14-22(28)24-18-5-7-21(20(23)13-18)26-10-8-25(9-11-26)17(3)27/h4-7,12-13H,8-11,14H2,1-3H3,(H,24,28). The minimum Gasteiger partial charge on any atom is -0.484 e. The summed E-state index contributed by atoms with van der Waals surface area (Å²) < 4.78 is 5.57. The summed E-state index contributed by atoms with van der Waals surface area (Å²) in [6.07, 6.45) is 0. The minimum atomic E-state index is -0.248. The van der Waals surface area contributed by atoms with Gasteiger partial charge in [-0.1, -0.05) is 17.7 Å². The fourth-order valence-electron chi connectivity index (χ4n) is 3.25. The molecule has 29 heavy (non-hydrogen) atoms. The highest BCUT2D eigenvalue weighted by Gasteiger charge is 2.20. The van der Waals surface area contributed by atoms with Gasteiger partial charge in [0.25, 0.3) is 5.91 Å². The molecule has 154 valence electrons. The van der Waals surface area contributed by atoms with E-state index < -0.39 is 0 Å². The molecule has 1 aliphatic heterocycles. The first-order chi connectivity index (χ1) is 13.8. The molecule has 1 aliphatic rings. The molecule has 2 aromatic carbocycles. The fraction of sp³-hybridized carbons (Fsp3) is 0.364. The van der Waals surface area contributed by atoms with Gasteiger partial charge in [0.05, 0.1) is 10.7 Å². The molecule has 1 fully saturated rings. The van der Waals surface area contributed by atoms with E-state index in [1.54, 1.807) is 13.0 Å². The molecular formula is C22H26ClN3O3. The molecule has 2 aromatic rings. The van der Waals surface area contributed by atoms with Crippen LogP contribution in [0.3, 0.4) is 0 Å². The van der Waals surface area contributed by atoms with Crippen LogP contribution in [0.2, 0.25) is 5.02 Å². The van der Waals surface area contributed by atoms with Gasteiger partial charge in [0, 0.05) is 38.8 Å². The third-order valence-corrected chi connectivity index (χ3v) is 5.45. The van der Waals surface area contributed by atoms with Crippen molar-refractivity contribution in [3.63, 3.8) is 0 Å². The zero-order valence-electron chi connectivity index (χ0n) is 17.0. The molecule has 2 amide bonds. The smallest absolute Gasteiger partial charge is 0.262 e. The Kier molecular flexibility index (Phi) is 6.64. The number of rotatable bonds is 5. The summed E-state index contributed by atoms with van der Waals surface area (Å²) in [7, 11) is 0. The van der Waals surface area contributed by atoms with Crippen molar-refractivity contribution in [2.45, 2.75) is 20.8 Å². The molecule has 0 radical (unpaired) electrons. The van der Waals surface area contributed by atoms with E-state index in [1.807, 2.05) is 49.1 Å². The van der Waals surface area contributed by atoms with E-state index in [0.717, 1.165) is 24.3 Å². The fourth-order valence-corrected chi connectivity index (χ4v) is 3.55. The predicted molar refractivity (Wildman–Crippen MR) is 116 cm³/mol. The van der Waals surface area contributed by atoms with Crippen molar-refractivity contribution in [2.75, 3.05) is 43.0 Å². The molecule has 0 atom stereocenters. The average molecular weight is 416 g/mol. The van der Waals surface area contributed by atoms with Crippen molar-refractivity contribution >= 4 is 34.8 Å². The van der Waals surface area contributed by atoms with E-state index in [4.69, 9.17) is 16.3 Å². The quantitative estimate of drug-likeness (QED) is 0.809. The Morgan fingerprint density at radius 2 is 1.76 bits per heavy atom. The van der Waals surface area contributed by atoms with Gasteiger partial charge in [0.15, 0.2) is 6.61 Å². The molecule has 0 aromatic heterocycles. The summed E-state index contributed by atoms with van der Waals surface area (Å²) in [4.78, 5) is 27.6. The number of hydrogen-bond donors (Lipinski definition) is 1. The van der Waals surface area contributed by atoms with Crippen molar-refractivity contribution in [1.29, 1.82) is 0 Å². The number of benzene rings is 2.